The maximum absolute atomic E-state index is 11.6. The summed E-state index contributed by atoms with van der Waals surface area (Å²) < 4.78 is 7.25. The predicted molar refractivity (Wildman–Crippen MR) is 87.1 cm³/mol. The fourth-order valence-electron chi connectivity index (χ4n) is 3.03. The summed E-state index contributed by atoms with van der Waals surface area (Å²) in [6.45, 7) is 8.61. The lowest BCUT2D eigenvalue weighted by Crippen LogP contribution is -2.05. The van der Waals surface area contributed by atoms with Gasteiger partial charge in [-0.1, -0.05) is 26.0 Å². The highest BCUT2D eigenvalue weighted by Gasteiger charge is 2.24. The molecule has 1 heterocycles. The first kappa shape index (κ1) is 16.1. The molecule has 0 radical (unpaired) electrons. The Morgan fingerprint density at radius 2 is 1.77 bits per heavy atom. The Bertz CT molecular complexity index is 681. The molecule has 0 bridgehead atoms. The van der Waals surface area contributed by atoms with Gasteiger partial charge in [-0.05, 0) is 43.0 Å². The molecule has 0 fully saturated rings. The third kappa shape index (κ3) is 2.86. The van der Waals surface area contributed by atoms with Crippen molar-refractivity contribution in [2.75, 3.05) is 7.11 Å². The van der Waals surface area contributed by atoms with Gasteiger partial charge in [0, 0.05) is 17.9 Å². The maximum atomic E-state index is 11.6. The highest BCUT2D eigenvalue weighted by Crippen LogP contribution is 2.30. The molecule has 118 valence electrons. The van der Waals surface area contributed by atoms with E-state index < -0.39 is 5.97 Å². The Balaban J connectivity index is 2.46. The number of benzene rings is 1. The zero-order valence-corrected chi connectivity index (χ0v) is 13.8. The monoisotopic (exact) mass is 301 g/mol. The van der Waals surface area contributed by atoms with Gasteiger partial charge in [0.05, 0.1) is 12.7 Å². The van der Waals surface area contributed by atoms with E-state index in [4.69, 9.17) is 4.74 Å². The molecule has 2 rings (SSSR count). The minimum atomic E-state index is -0.849. The molecule has 1 N–H and O–H groups in total. The summed E-state index contributed by atoms with van der Waals surface area (Å²) in [4.78, 5) is 11.6. The molecule has 0 aliphatic rings. The second-order valence-corrected chi connectivity index (χ2v) is 5.85. The number of rotatable bonds is 5. The van der Waals surface area contributed by atoms with Crippen LogP contribution in [0.1, 0.15) is 52.6 Å². The van der Waals surface area contributed by atoms with Crippen LogP contribution in [0.2, 0.25) is 0 Å². The second-order valence-electron chi connectivity index (χ2n) is 5.85. The van der Waals surface area contributed by atoms with Gasteiger partial charge in [-0.2, -0.15) is 0 Å². The Kier molecular flexibility index (Phi) is 4.59. The zero-order valence-electron chi connectivity index (χ0n) is 13.8. The van der Waals surface area contributed by atoms with Crippen LogP contribution in [0.15, 0.2) is 24.3 Å². The summed E-state index contributed by atoms with van der Waals surface area (Å²) in [6.07, 6.45) is 0. The minimum absolute atomic E-state index is 0.182. The van der Waals surface area contributed by atoms with Crippen LogP contribution in [0.3, 0.4) is 0 Å². The molecule has 0 saturated heterocycles. The molecule has 0 amide bonds. The van der Waals surface area contributed by atoms with Gasteiger partial charge in [-0.3, -0.25) is 0 Å². The molecule has 4 heteroatoms. The number of carboxylic acids is 1. The largest absolute Gasteiger partial charge is 0.497 e. The van der Waals surface area contributed by atoms with Crippen LogP contribution >= 0.6 is 0 Å². The van der Waals surface area contributed by atoms with E-state index in [-0.39, 0.29) is 5.92 Å². The lowest BCUT2D eigenvalue weighted by atomic mass is 9.98. The van der Waals surface area contributed by atoms with Gasteiger partial charge in [0.1, 0.15) is 5.75 Å². The van der Waals surface area contributed by atoms with Gasteiger partial charge < -0.3 is 14.4 Å². The number of carboxylic acid groups (broad SMARTS) is 1. The van der Waals surface area contributed by atoms with Crippen LogP contribution in [-0.4, -0.2) is 22.8 Å². The summed E-state index contributed by atoms with van der Waals surface area (Å²) in [5.41, 5.74) is 4.33. The number of carbonyl (C=O) groups is 1. The van der Waals surface area contributed by atoms with Crippen molar-refractivity contribution in [3.05, 3.63) is 52.3 Å². The average molecular weight is 301 g/mol. The molecule has 2 aromatic rings. The van der Waals surface area contributed by atoms with Crippen LogP contribution in [0.4, 0.5) is 0 Å². The highest BCUT2D eigenvalue weighted by atomic mass is 16.5. The van der Waals surface area contributed by atoms with Crippen LogP contribution in [-0.2, 0) is 6.54 Å². The van der Waals surface area contributed by atoms with E-state index in [0.29, 0.717) is 12.1 Å². The normalized spacial score (nSPS) is 11.0. The van der Waals surface area contributed by atoms with Gasteiger partial charge in [-0.15, -0.1) is 0 Å². The van der Waals surface area contributed by atoms with Crippen molar-refractivity contribution in [1.29, 1.82) is 0 Å². The molecule has 22 heavy (non-hydrogen) atoms. The van der Waals surface area contributed by atoms with Crippen molar-refractivity contribution in [1.82, 2.24) is 4.57 Å². The quantitative estimate of drug-likeness (QED) is 0.908. The molecule has 0 saturated carbocycles. The van der Waals surface area contributed by atoms with Gasteiger partial charge in [0.2, 0.25) is 0 Å². The smallest absolute Gasteiger partial charge is 0.337 e. The predicted octanol–water partition coefficient (Wildman–Crippen LogP) is 3.98. The minimum Gasteiger partial charge on any atom is -0.497 e. The summed E-state index contributed by atoms with van der Waals surface area (Å²) >= 11 is 0. The van der Waals surface area contributed by atoms with E-state index in [1.807, 2.05) is 52.0 Å². The van der Waals surface area contributed by atoms with Crippen molar-refractivity contribution in [3.63, 3.8) is 0 Å². The molecular weight excluding hydrogens is 278 g/mol. The lowest BCUT2D eigenvalue weighted by molar-refractivity contribution is 0.0694. The average Bonchev–Trinajstić information content (AvgIpc) is 2.72. The number of methoxy groups -OCH3 is 1. The van der Waals surface area contributed by atoms with E-state index in [9.17, 15) is 9.90 Å². The summed E-state index contributed by atoms with van der Waals surface area (Å²) in [6, 6.07) is 7.86. The van der Waals surface area contributed by atoms with Crippen molar-refractivity contribution < 1.29 is 14.6 Å². The van der Waals surface area contributed by atoms with Crippen LogP contribution in [0.25, 0.3) is 0 Å². The number of nitrogens with zero attached hydrogens (tertiary/aromatic N) is 1. The van der Waals surface area contributed by atoms with E-state index >= 15 is 0 Å². The SMILES string of the molecule is COc1ccc(Cn2c(C)c(C(=O)O)c(C(C)C)c2C)cc1. The highest BCUT2D eigenvalue weighted by molar-refractivity contribution is 5.91. The zero-order chi connectivity index (χ0) is 16.4. The van der Waals surface area contributed by atoms with Crippen molar-refractivity contribution in [3.8, 4) is 5.75 Å². The molecule has 4 nitrogen and oxygen atoms in total. The molecule has 0 aliphatic carbocycles. The third-order valence-corrected chi connectivity index (χ3v) is 4.12. The summed E-state index contributed by atoms with van der Waals surface area (Å²) in [7, 11) is 1.64. The first-order valence-corrected chi connectivity index (χ1v) is 7.42. The van der Waals surface area contributed by atoms with Crippen molar-refractivity contribution in [2.45, 2.75) is 40.2 Å². The summed E-state index contributed by atoms with van der Waals surface area (Å²) in [5.74, 6) is 0.151. The van der Waals surface area contributed by atoms with E-state index in [1.165, 1.54) is 0 Å². The van der Waals surface area contributed by atoms with Crippen molar-refractivity contribution in [2.24, 2.45) is 0 Å². The second kappa shape index (κ2) is 6.26. The molecular formula is C18H23NO3. The number of hydrogen-bond acceptors (Lipinski definition) is 2. The van der Waals surface area contributed by atoms with Crippen LogP contribution < -0.4 is 4.74 Å². The third-order valence-electron chi connectivity index (χ3n) is 4.12. The number of hydrogen-bond donors (Lipinski definition) is 1. The van der Waals surface area contributed by atoms with E-state index in [2.05, 4.69) is 4.57 Å². The first-order chi connectivity index (χ1) is 10.4. The Morgan fingerprint density at radius 1 is 1.18 bits per heavy atom. The lowest BCUT2D eigenvalue weighted by Gasteiger charge is -2.11. The Labute approximate surface area is 131 Å². The van der Waals surface area contributed by atoms with Gasteiger partial charge in [0.25, 0.3) is 0 Å². The first-order valence-electron chi connectivity index (χ1n) is 7.42. The van der Waals surface area contributed by atoms with E-state index in [0.717, 1.165) is 28.3 Å². The topological polar surface area (TPSA) is 51.5 Å². The fraction of sp³-hybridized carbons (Fsp3) is 0.389. The standard InChI is InChI=1S/C18H23NO3/c1-11(2)16-12(3)19(13(4)17(16)18(20)21)10-14-6-8-15(22-5)9-7-14/h6-9,11H,10H2,1-5H3,(H,20,21). The van der Waals surface area contributed by atoms with E-state index in [1.54, 1.807) is 7.11 Å². The summed E-state index contributed by atoms with van der Waals surface area (Å²) in [5, 5.41) is 9.54. The van der Waals surface area contributed by atoms with Gasteiger partial charge in [-0.25, -0.2) is 4.79 Å². The van der Waals surface area contributed by atoms with Gasteiger partial charge in [0.15, 0.2) is 0 Å². The number of aromatic carboxylic acids is 1. The molecule has 0 unspecified atom stereocenters. The van der Waals surface area contributed by atoms with Gasteiger partial charge >= 0.3 is 5.97 Å². The molecule has 0 atom stereocenters. The molecule has 1 aromatic heterocycles. The maximum Gasteiger partial charge on any atom is 0.337 e. The number of aromatic nitrogens is 1. The molecule has 0 spiro atoms. The Morgan fingerprint density at radius 3 is 2.18 bits per heavy atom. The fourth-order valence-corrected chi connectivity index (χ4v) is 3.03. The molecule has 0 aliphatic heterocycles. The molecule has 1 aromatic carbocycles. The van der Waals surface area contributed by atoms with Crippen LogP contribution in [0.5, 0.6) is 5.75 Å². The van der Waals surface area contributed by atoms with Crippen molar-refractivity contribution >= 4 is 5.97 Å². The number of ether oxygens (including phenoxy) is 1. The van der Waals surface area contributed by atoms with Crippen LogP contribution in [0, 0.1) is 13.8 Å². The Hall–Kier alpha value is -2.23.